The molecule has 8 nitrogen and oxygen atoms in total. The molecule has 1 N–H and O–H groups in total. The van der Waals surface area contributed by atoms with Crippen LogP contribution in [0.5, 0.6) is 0 Å². The van der Waals surface area contributed by atoms with E-state index in [1.807, 2.05) is 6.92 Å². The predicted octanol–water partition coefficient (Wildman–Crippen LogP) is 3.95. The molecular formula is C20H15F3N6O2S2. The fraction of sp³-hybridized carbons (Fsp3) is 0.200. The Morgan fingerprint density at radius 2 is 1.97 bits per heavy atom. The van der Waals surface area contributed by atoms with E-state index in [9.17, 15) is 26.9 Å². The van der Waals surface area contributed by atoms with E-state index in [1.54, 1.807) is 33.1 Å². The number of hydrogen-bond donors (Lipinski definition) is 1. The Hall–Kier alpha value is -3.34. The van der Waals surface area contributed by atoms with Gasteiger partial charge in [0.1, 0.15) is 22.7 Å². The standard InChI is InChI=1S/C20H15F3N6O2S2/c1-11-7-14-15(8-24)17(29(18(14)27-9-11)19-25-5-6-32-19)16-4-3-13(10-26-16)33(30,31)28-12(2)20(21,22)23/h3-7,9-10,12,28H,1-2H3/t12-/m0/s1. The Morgan fingerprint density at radius 3 is 2.55 bits per heavy atom. The molecule has 4 rings (SSSR count). The first-order chi connectivity index (χ1) is 15.5. The first-order valence-electron chi connectivity index (χ1n) is 9.39. The quantitative estimate of drug-likeness (QED) is 0.451. The number of rotatable bonds is 5. The Bertz CT molecular complexity index is 1470. The Morgan fingerprint density at radius 1 is 1.21 bits per heavy atom. The second-order valence-electron chi connectivity index (χ2n) is 7.13. The van der Waals surface area contributed by atoms with Crippen LogP contribution in [0, 0.1) is 18.3 Å². The molecule has 0 unspecified atom stereocenters. The van der Waals surface area contributed by atoms with E-state index in [1.165, 1.54) is 17.4 Å². The molecule has 33 heavy (non-hydrogen) atoms. The van der Waals surface area contributed by atoms with Crippen molar-refractivity contribution < 1.29 is 21.6 Å². The lowest BCUT2D eigenvalue weighted by Gasteiger charge is -2.17. The summed E-state index contributed by atoms with van der Waals surface area (Å²) in [6, 6.07) is 4.16. The summed E-state index contributed by atoms with van der Waals surface area (Å²) in [5.41, 5.74) is 2.16. The molecule has 1 atom stereocenters. The second kappa shape index (κ2) is 8.22. The smallest absolute Gasteiger partial charge is 0.266 e. The van der Waals surface area contributed by atoms with E-state index in [0.717, 1.165) is 17.8 Å². The summed E-state index contributed by atoms with van der Waals surface area (Å²) in [4.78, 5) is 12.5. The van der Waals surface area contributed by atoms with Gasteiger partial charge in [-0.3, -0.25) is 9.55 Å². The summed E-state index contributed by atoms with van der Waals surface area (Å²) < 4.78 is 66.3. The number of nitrogens with zero attached hydrogens (tertiary/aromatic N) is 5. The first-order valence-corrected chi connectivity index (χ1v) is 11.8. The number of nitrogens with one attached hydrogen (secondary N) is 1. The third-order valence-electron chi connectivity index (χ3n) is 4.78. The lowest BCUT2D eigenvalue weighted by Crippen LogP contribution is -2.42. The van der Waals surface area contributed by atoms with Crippen LogP contribution in [-0.2, 0) is 10.0 Å². The van der Waals surface area contributed by atoms with E-state index in [-0.39, 0.29) is 11.3 Å². The molecule has 0 aromatic carbocycles. The van der Waals surface area contributed by atoms with Gasteiger partial charge < -0.3 is 0 Å². The van der Waals surface area contributed by atoms with E-state index >= 15 is 0 Å². The molecule has 0 aliphatic heterocycles. The summed E-state index contributed by atoms with van der Waals surface area (Å²) in [7, 11) is -4.47. The van der Waals surface area contributed by atoms with E-state index in [4.69, 9.17) is 0 Å². The zero-order valence-corrected chi connectivity index (χ0v) is 18.8. The molecule has 0 radical (unpaired) electrons. The topological polar surface area (TPSA) is 114 Å². The third-order valence-corrected chi connectivity index (χ3v) is 7.06. The van der Waals surface area contributed by atoms with Crippen LogP contribution in [0.2, 0.25) is 0 Å². The molecule has 0 spiro atoms. The minimum atomic E-state index is -4.73. The molecule has 0 aliphatic carbocycles. The molecular weight excluding hydrogens is 477 g/mol. The van der Waals surface area contributed by atoms with Crippen molar-refractivity contribution in [2.45, 2.75) is 31.0 Å². The summed E-state index contributed by atoms with van der Waals surface area (Å²) in [5, 5.41) is 12.7. The maximum atomic E-state index is 12.8. The molecule has 0 saturated heterocycles. The molecule has 0 fully saturated rings. The van der Waals surface area contributed by atoms with E-state index in [2.05, 4.69) is 21.0 Å². The monoisotopic (exact) mass is 492 g/mol. The van der Waals surface area contributed by atoms with Crippen molar-refractivity contribution in [3.63, 3.8) is 0 Å². The number of sulfonamides is 1. The Balaban J connectivity index is 1.85. The molecule has 4 heterocycles. The van der Waals surface area contributed by atoms with Gasteiger partial charge in [-0.25, -0.2) is 18.4 Å². The number of aromatic nitrogens is 4. The molecule has 4 aromatic heterocycles. The van der Waals surface area contributed by atoms with Crippen LogP contribution in [0.1, 0.15) is 18.1 Å². The largest absolute Gasteiger partial charge is 0.404 e. The van der Waals surface area contributed by atoms with Crippen molar-refractivity contribution in [3.8, 4) is 22.6 Å². The summed E-state index contributed by atoms with van der Waals surface area (Å²) in [6.45, 7) is 2.54. The highest BCUT2D eigenvalue weighted by Gasteiger charge is 2.39. The van der Waals surface area contributed by atoms with Crippen LogP contribution in [0.4, 0.5) is 13.2 Å². The van der Waals surface area contributed by atoms with Gasteiger partial charge in [0.2, 0.25) is 10.0 Å². The lowest BCUT2D eigenvalue weighted by molar-refractivity contribution is -0.147. The number of aryl methyl sites for hydroxylation is 1. The van der Waals surface area contributed by atoms with Gasteiger partial charge in [0.25, 0.3) is 0 Å². The Labute approximate surface area is 190 Å². The van der Waals surface area contributed by atoms with Crippen molar-refractivity contribution in [2.24, 2.45) is 0 Å². The zero-order valence-electron chi connectivity index (χ0n) is 17.1. The minimum Gasteiger partial charge on any atom is -0.266 e. The minimum absolute atomic E-state index is 0.236. The number of nitriles is 1. The van der Waals surface area contributed by atoms with Gasteiger partial charge in [-0.15, -0.1) is 11.3 Å². The van der Waals surface area contributed by atoms with Crippen molar-refractivity contribution in [2.75, 3.05) is 0 Å². The van der Waals surface area contributed by atoms with Crippen LogP contribution in [0.3, 0.4) is 0 Å². The fourth-order valence-corrected chi connectivity index (χ4v) is 5.01. The number of halogens is 3. The summed E-state index contributed by atoms with van der Waals surface area (Å²) in [5.74, 6) is 0. The van der Waals surface area contributed by atoms with Gasteiger partial charge in [0.15, 0.2) is 5.13 Å². The van der Waals surface area contributed by atoms with Crippen LogP contribution in [0.25, 0.3) is 27.6 Å². The number of pyridine rings is 2. The highest BCUT2D eigenvalue weighted by atomic mass is 32.2. The molecule has 0 bridgehead atoms. The van der Waals surface area contributed by atoms with Crippen LogP contribution >= 0.6 is 11.3 Å². The number of hydrogen-bond acceptors (Lipinski definition) is 7. The van der Waals surface area contributed by atoms with Crippen molar-refractivity contribution in [1.82, 2.24) is 24.2 Å². The maximum absolute atomic E-state index is 12.8. The van der Waals surface area contributed by atoms with Gasteiger partial charge in [0, 0.05) is 29.4 Å². The number of fused-ring (bicyclic) bond motifs is 1. The van der Waals surface area contributed by atoms with Crippen molar-refractivity contribution in [3.05, 3.63) is 53.3 Å². The van der Waals surface area contributed by atoms with Crippen LogP contribution < -0.4 is 4.72 Å². The zero-order chi connectivity index (χ0) is 24.0. The second-order valence-corrected chi connectivity index (χ2v) is 9.72. The van der Waals surface area contributed by atoms with Gasteiger partial charge in [-0.05, 0) is 37.6 Å². The van der Waals surface area contributed by atoms with E-state index < -0.39 is 27.1 Å². The SMILES string of the molecule is Cc1cnc2c(c1)c(C#N)c(-c1ccc(S(=O)(=O)N[C@@H](C)C(F)(F)F)cn1)n2-c1nccs1. The number of alkyl halides is 3. The van der Waals surface area contributed by atoms with Gasteiger partial charge >= 0.3 is 6.18 Å². The normalized spacial score (nSPS) is 13.2. The average molecular weight is 493 g/mol. The molecule has 0 saturated carbocycles. The van der Waals surface area contributed by atoms with Crippen LogP contribution in [0.15, 0.2) is 47.1 Å². The van der Waals surface area contributed by atoms with Gasteiger partial charge in [-0.1, -0.05) is 0 Å². The maximum Gasteiger partial charge on any atom is 0.404 e. The van der Waals surface area contributed by atoms with Gasteiger partial charge in [0.05, 0.1) is 17.0 Å². The molecule has 4 aromatic rings. The van der Waals surface area contributed by atoms with Crippen molar-refractivity contribution >= 4 is 32.4 Å². The fourth-order valence-electron chi connectivity index (χ4n) is 3.18. The molecule has 170 valence electrons. The lowest BCUT2D eigenvalue weighted by atomic mass is 10.1. The summed E-state index contributed by atoms with van der Waals surface area (Å²) >= 11 is 1.31. The summed E-state index contributed by atoms with van der Waals surface area (Å²) in [6.07, 6.45) is -0.549. The third kappa shape index (κ3) is 4.20. The van der Waals surface area contributed by atoms with E-state index in [0.29, 0.717) is 28.8 Å². The highest BCUT2D eigenvalue weighted by molar-refractivity contribution is 7.89. The average Bonchev–Trinajstić information content (AvgIpc) is 3.38. The van der Waals surface area contributed by atoms with Crippen LogP contribution in [-0.4, -0.2) is 40.2 Å². The molecule has 13 heteroatoms. The molecule has 0 aliphatic rings. The van der Waals surface area contributed by atoms with Gasteiger partial charge in [-0.2, -0.15) is 23.2 Å². The highest BCUT2D eigenvalue weighted by Crippen LogP contribution is 2.35. The number of thiazole rings is 1. The van der Waals surface area contributed by atoms with Crippen molar-refractivity contribution in [1.29, 1.82) is 5.26 Å². The predicted molar refractivity (Wildman–Crippen MR) is 115 cm³/mol. The Kier molecular flexibility index (Phi) is 5.69. The first kappa shape index (κ1) is 22.8. The molecule has 0 amide bonds.